The second-order valence-corrected chi connectivity index (χ2v) is 7.68. The van der Waals surface area contributed by atoms with Crippen molar-refractivity contribution in [1.29, 1.82) is 0 Å². The fourth-order valence-electron chi connectivity index (χ4n) is 4.38. The maximum absolute atomic E-state index is 2.56. The van der Waals surface area contributed by atoms with Gasteiger partial charge in [-0.2, -0.15) is 0 Å². The van der Waals surface area contributed by atoms with Gasteiger partial charge in [-0.15, -0.1) is 9.18 Å². The van der Waals surface area contributed by atoms with Crippen LogP contribution in [-0.4, -0.2) is 59.5 Å². The van der Waals surface area contributed by atoms with Crippen LogP contribution < -0.4 is 0 Å². The van der Waals surface area contributed by atoms with Crippen LogP contribution in [0.4, 0.5) is 0 Å². The van der Waals surface area contributed by atoms with Crippen LogP contribution in [0.2, 0.25) is 0 Å². The third-order valence-electron chi connectivity index (χ3n) is 6.20. The smallest absolute Gasteiger partial charge is 0.203 e. The summed E-state index contributed by atoms with van der Waals surface area (Å²) in [7, 11) is 4.51. The van der Waals surface area contributed by atoms with Crippen molar-refractivity contribution in [2.24, 2.45) is 0 Å². The van der Waals surface area contributed by atoms with Crippen molar-refractivity contribution in [3.05, 3.63) is 23.3 Å². The minimum absolute atomic E-state index is 1.07. The molecule has 4 heteroatoms. The summed E-state index contributed by atoms with van der Waals surface area (Å²) in [4.78, 5) is 4.92. The maximum Gasteiger partial charge on any atom is 0.203 e. The van der Waals surface area contributed by atoms with E-state index in [9.17, 15) is 0 Å². The minimum Gasteiger partial charge on any atom is -0.323 e. The molecule has 2 aliphatic heterocycles. The molecule has 2 atom stereocenters. The number of hydrogen-bond donors (Lipinski definition) is 0. The highest BCUT2D eigenvalue weighted by atomic mass is 15.9. The minimum atomic E-state index is 1.07. The predicted octanol–water partition coefficient (Wildman–Crippen LogP) is 4.05. The van der Waals surface area contributed by atoms with Gasteiger partial charge < -0.3 is 9.80 Å². The zero-order valence-electron chi connectivity index (χ0n) is 16.5. The first-order valence-corrected chi connectivity index (χ1v) is 9.37. The standard InChI is InChI=1S/C19H38N4/c1-8-10-12-22(14-17(3)20(6)15-22)23(13-11-9-2)16-21(7)18(4)19(23)5/h14H,8-13,15-16H2,1-7H3/q+2. The normalized spacial score (nSPS) is 31.3. The predicted molar refractivity (Wildman–Crippen MR) is 97.5 cm³/mol. The average molecular weight is 323 g/mol. The van der Waals surface area contributed by atoms with E-state index < -0.39 is 0 Å². The van der Waals surface area contributed by atoms with Gasteiger partial charge in [-0.1, -0.05) is 26.7 Å². The van der Waals surface area contributed by atoms with E-state index in [1.54, 1.807) is 5.70 Å². The van der Waals surface area contributed by atoms with E-state index >= 15 is 0 Å². The average Bonchev–Trinajstić information content (AvgIpc) is 2.94. The Balaban J connectivity index is 2.51. The summed E-state index contributed by atoms with van der Waals surface area (Å²) in [6.45, 7) is 16.3. The van der Waals surface area contributed by atoms with Crippen molar-refractivity contribution < 1.29 is 9.18 Å². The van der Waals surface area contributed by atoms with Crippen molar-refractivity contribution >= 4 is 0 Å². The summed E-state index contributed by atoms with van der Waals surface area (Å²) in [5.74, 6) is 0. The summed E-state index contributed by atoms with van der Waals surface area (Å²) in [6.07, 6.45) is 7.67. The Hall–Kier alpha value is -1.00. The number of quaternary nitrogens is 2. The van der Waals surface area contributed by atoms with E-state index in [0.29, 0.717) is 0 Å². The van der Waals surface area contributed by atoms with Gasteiger partial charge in [0.1, 0.15) is 13.1 Å². The van der Waals surface area contributed by atoms with Gasteiger partial charge >= 0.3 is 0 Å². The second kappa shape index (κ2) is 6.86. The summed E-state index contributed by atoms with van der Waals surface area (Å²) in [5, 5.41) is 0. The molecule has 0 aliphatic carbocycles. The lowest BCUT2D eigenvalue weighted by Gasteiger charge is -2.48. The Morgan fingerprint density at radius 2 is 1.52 bits per heavy atom. The van der Waals surface area contributed by atoms with Crippen molar-refractivity contribution in [2.45, 2.75) is 60.3 Å². The fraction of sp³-hybridized carbons (Fsp3) is 0.789. The van der Waals surface area contributed by atoms with Gasteiger partial charge in [0.25, 0.3) is 0 Å². The van der Waals surface area contributed by atoms with Crippen molar-refractivity contribution in [3.8, 4) is 0 Å². The summed E-state index contributed by atoms with van der Waals surface area (Å²) in [6, 6.07) is 0. The summed E-state index contributed by atoms with van der Waals surface area (Å²) < 4.78 is 2.17. The van der Waals surface area contributed by atoms with Crippen LogP contribution in [0.1, 0.15) is 60.3 Å². The summed E-state index contributed by atoms with van der Waals surface area (Å²) >= 11 is 0. The van der Waals surface area contributed by atoms with Gasteiger partial charge in [0.15, 0.2) is 11.9 Å². The molecule has 0 fully saturated rings. The Bertz CT molecular complexity index is 496. The molecular weight excluding hydrogens is 284 g/mol. The number of hydrogen-bond acceptors (Lipinski definition) is 2. The summed E-state index contributed by atoms with van der Waals surface area (Å²) in [5.41, 5.74) is 4.46. The van der Waals surface area contributed by atoms with Crippen molar-refractivity contribution in [2.75, 3.05) is 40.5 Å². The molecule has 2 rings (SSSR count). The van der Waals surface area contributed by atoms with Gasteiger partial charge in [-0.25, -0.2) is 0 Å². The molecule has 0 aromatic rings. The van der Waals surface area contributed by atoms with E-state index in [-0.39, 0.29) is 0 Å². The lowest BCUT2D eigenvalue weighted by atomic mass is 10.2. The van der Waals surface area contributed by atoms with Crippen LogP contribution >= 0.6 is 0 Å². The number of nitrogens with zero attached hydrogens (tertiary/aromatic N) is 4. The molecular formula is C19H38N4+2. The SMILES string of the molecule is CCCC[N+]1([N+]2(CCCC)CN(C)C(C)=C2C)C=C(C)N(C)C1. The number of unbranched alkanes of at least 4 members (excludes halogenated alkanes) is 2. The van der Waals surface area contributed by atoms with Crippen molar-refractivity contribution in [3.63, 3.8) is 0 Å². The van der Waals surface area contributed by atoms with Crippen LogP contribution in [0.25, 0.3) is 0 Å². The van der Waals surface area contributed by atoms with E-state index in [0.717, 1.165) is 22.5 Å². The van der Waals surface area contributed by atoms with E-state index in [2.05, 4.69) is 64.7 Å². The topological polar surface area (TPSA) is 6.48 Å². The first kappa shape index (κ1) is 18.3. The third kappa shape index (κ3) is 2.91. The number of allylic oxidation sites excluding steroid dienone is 3. The molecule has 0 N–H and O–H groups in total. The van der Waals surface area contributed by atoms with E-state index in [1.165, 1.54) is 50.2 Å². The quantitative estimate of drug-likeness (QED) is 0.652. The Morgan fingerprint density at radius 3 is 1.96 bits per heavy atom. The van der Waals surface area contributed by atoms with Crippen LogP contribution in [0.15, 0.2) is 23.3 Å². The fourth-order valence-corrected chi connectivity index (χ4v) is 4.38. The zero-order chi connectivity index (χ0) is 17.3. The molecule has 0 saturated heterocycles. The van der Waals surface area contributed by atoms with Crippen LogP contribution in [0.5, 0.6) is 0 Å². The molecule has 0 spiro atoms. The van der Waals surface area contributed by atoms with Crippen LogP contribution in [0.3, 0.4) is 0 Å². The number of rotatable bonds is 7. The molecule has 0 aromatic heterocycles. The maximum atomic E-state index is 2.56. The Kier molecular flexibility index (Phi) is 5.47. The van der Waals surface area contributed by atoms with Crippen LogP contribution in [-0.2, 0) is 0 Å². The van der Waals surface area contributed by atoms with E-state index in [1.807, 2.05) is 0 Å². The molecule has 0 bridgehead atoms. The molecule has 0 amide bonds. The molecule has 2 aliphatic rings. The first-order valence-electron chi connectivity index (χ1n) is 9.37. The Labute approximate surface area is 143 Å². The molecule has 4 nitrogen and oxygen atoms in total. The monoisotopic (exact) mass is 322 g/mol. The highest BCUT2D eigenvalue weighted by Crippen LogP contribution is 2.42. The lowest BCUT2D eigenvalue weighted by molar-refractivity contribution is -1.46. The zero-order valence-corrected chi connectivity index (χ0v) is 16.5. The van der Waals surface area contributed by atoms with Gasteiger partial charge in [0.05, 0.1) is 11.4 Å². The highest BCUT2D eigenvalue weighted by Gasteiger charge is 2.58. The van der Waals surface area contributed by atoms with Gasteiger partial charge in [-0.3, -0.25) is 0 Å². The second-order valence-electron chi connectivity index (χ2n) is 7.68. The largest absolute Gasteiger partial charge is 0.323 e. The highest BCUT2D eigenvalue weighted by molar-refractivity contribution is 5.06. The molecule has 2 heterocycles. The van der Waals surface area contributed by atoms with Crippen LogP contribution in [0, 0.1) is 0 Å². The first-order chi connectivity index (χ1) is 10.8. The molecule has 23 heavy (non-hydrogen) atoms. The van der Waals surface area contributed by atoms with E-state index in [4.69, 9.17) is 0 Å². The molecule has 0 radical (unpaired) electrons. The lowest BCUT2D eigenvalue weighted by Crippen LogP contribution is -2.70. The van der Waals surface area contributed by atoms with Crippen molar-refractivity contribution in [1.82, 2.24) is 9.80 Å². The molecule has 0 saturated carbocycles. The van der Waals surface area contributed by atoms with Gasteiger partial charge in [0.2, 0.25) is 13.3 Å². The molecule has 2 unspecified atom stereocenters. The molecule has 0 aromatic carbocycles. The van der Waals surface area contributed by atoms with Gasteiger partial charge in [-0.05, 0) is 13.8 Å². The third-order valence-corrected chi connectivity index (χ3v) is 6.20. The molecule has 132 valence electrons. The van der Waals surface area contributed by atoms with Gasteiger partial charge in [0, 0.05) is 33.9 Å². The Morgan fingerprint density at radius 1 is 0.913 bits per heavy atom.